The molecule has 7 heteroatoms. The summed E-state index contributed by atoms with van der Waals surface area (Å²) in [7, 11) is 3.04. The van der Waals surface area contributed by atoms with Gasteiger partial charge in [0.15, 0.2) is 5.17 Å². The second-order valence-corrected chi connectivity index (χ2v) is 3.57. The number of nitrogens with one attached hydrogen (secondary N) is 2. The zero-order chi connectivity index (χ0) is 10.6. The minimum Gasteiger partial charge on any atom is -0.341 e. The Balaban J connectivity index is 2.73. The van der Waals surface area contributed by atoms with Crippen molar-refractivity contribution >= 4 is 29.0 Å². The first-order valence-corrected chi connectivity index (χ1v) is 5.10. The van der Waals surface area contributed by atoms with Crippen LogP contribution in [0.25, 0.3) is 0 Å². The van der Waals surface area contributed by atoms with Gasteiger partial charge in [0, 0.05) is 26.4 Å². The van der Waals surface area contributed by atoms with Gasteiger partial charge in [-0.1, -0.05) is 11.8 Å². The Morgan fingerprint density at radius 2 is 2.14 bits per heavy atom. The highest BCUT2D eigenvalue weighted by Crippen LogP contribution is 2.17. The molecule has 1 rings (SSSR count). The van der Waals surface area contributed by atoms with Crippen LogP contribution in [0.1, 0.15) is 0 Å². The highest BCUT2D eigenvalue weighted by atomic mass is 32.2. The van der Waals surface area contributed by atoms with Crippen LogP contribution in [0.2, 0.25) is 0 Å². The molecule has 1 aliphatic rings. The first-order valence-electron chi connectivity index (χ1n) is 4.11. The Labute approximate surface area is 86.1 Å². The number of amides is 4. The molecule has 78 valence electrons. The van der Waals surface area contributed by atoms with Gasteiger partial charge in [0.25, 0.3) is 0 Å². The highest BCUT2D eigenvalue weighted by molar-refractivity contribution is 8.14. The average Bonchev–Trinajstić information content (AvgIpc) is 2.64. The number of nitrogens with zero attached hydrogens (tertiary/aromatic N) is 2. The van der Waals surface area contributed by atoms with Gasteiger partial charge in [0.1, 0.15) is 0 Å². The molecule has 0 atom stereocenters. The largest absolute Gasteiger partial charge is 0.343 e. The van der Waals surface area contributed by atoms with Gasteiger partial charge in [-0.15, -0.1) is 0 Å². The topological polar surface area (TPSA) is 73.8 Å². The molecule has 1 aliphatic heterocycles. The summed E-state index contributed by atoms with van der Waals surface area (Å²) in [5, 5.41) is 5.31. The predicted octanol–water partition coefficient (Wildman–Crippen LogP) is 0.0700. The number of urea groups is 2. The van der Waals surface area contributed by atoms with Gasteiger partial charge in [-0.05, 0) is 0 Å². The highest BCUT2D eigenvalue weighted by Gasteiger charge is 2.25. The minimum absolute atomic E-state index is 0.238. The monoisotopic (exact) mass is 216 g/mol. The molecule has 1 fully saturated rings. The number of hydrogen-bond acceptors (Lipinski definition) is 3. The van der Waals surface area contributed by atoms with E-state index in [1.807, 2.05) is 0 Å². The number of amidine groups is 1. The van der Waals surface area contributed by atoms with E-state index < -0.39 is 6.03 Å². The molecule has 2 N–H and O–H groups in total. The summed E-state index contributed by atoms with van der Waals surface area (Å²) >= 11 is 1.39. The van der Waals surface area contributed by atoms with Gasteiger partial charge < -0.3 is 10.6 Å². The molecule has 1 heterocycles. The summed E-state index contributed by atoms with van der Waals surface area (Å²) in [5.41, 5.74) is 0. The van der Waals surface area contributed by atoms with E-state index >= 15 is 0 Å². The van der Waals surface area contributed by atoms with Crippen molar-refractivity contribution in [2.45, 2.75) is 0 Å². The van der Waals surface area contributed by atoms with Crippen LogP contribution in [0.4, 0.5) is 9.59 Å². The molecule has 0 aromatic heterocycles. The predicted molar refractivity (Wildman–Crippen MR) is 55.5 cm³/mol. The molecule has 0 aromatic rings. The third kappa shape index (κ3) is 2.38. The number of hydrogen-bond donors (Lipinski definition) is 2. The molecule has 0 aromatic carbocycles. The molecule has 0 bridgehead atoms. The summed E-state index contributed by atoms with van der Waals surface area (Å²) in [6.45, 7) is 0.583. The maximum Gasteiger partial charge on any atom is 0.343 e. The average molecular weight is 216 g/mol. The molecule has 0 unspecified atom stereocenters. The molecule has 0 spiro atoms. The van der Waals surface area contributed by atoms with Gasteiger partial charge in [-0.2, -0.15) is 4.99 Å². The Kier molecular flexibility index (Phi) is 3.75. The van der Waals surface area contributed by atoms with Gasteiger partial charge >= 0.3 is 12.1 Å². The maximum absolute atomic E-state index is 11.3. The van der Waals surface area contributed by atoms with Crippen molar-refractivity contribution in [2.75, 3.05) is 26.4 Å². The second-order valence-electron chi connectivity index (χ2n) is 2.50. The Morgan fingerprint density at radius 1 is 1.43 bits per heavy atom. The number of carbonyl (C=O) groups is 2. The van der Waals surface area contributed by atoms with Crippen LogP contribution in [0.3, 0.4) is 0 Å². The van der Waals surface area contributed by atoms with Crippen molar-refractivity contribution in [1.82, 2.24) is 15.5 Å². The van der Waals surface area contributed by atoms with E-state index in [0.717, 1.165) is 5.75 Å². The molecule has 0 radical (unpaired) electrons. The summed E-state index contributed by atoms with van der Waals surface area (Å²) in [6, 6.07) is -0.680. The smallest absolute Gasteiger partial charge is 0.341 e. The van der Waals surface area contributed by atoms with Crippen molar-refractivity contribution < 1.29 is 9.59 Å². The summed E-state index contributed by atoms with van der Waals surface area (Å²) < 4.78 is 0. The fourth-order valence-electron chi connectivity index (χ4n) is 0.961. The number of aliphatic imine (C=N–C) groups is 1. The Morgan fingerprint density at radius 3 is 2.71 bits per heavy atom. The molecule has 4 amide bonds. The van der Waals surface area contributed by atoms with Crippen molar-refractivity contribution in [3.63, 3.8) is 0 Å². The second kappa shape index (κ2) is 4.85. The van der Waals surface area contributed by atoms with E-state index in [9.17, 15) is 9.59 Å². The molecule has 0 aliphatic carbocycles. The molecule has 6 nitrogen and oxygen atoms in total. The summed E-state index contributed by atoms with van der Waals surface area (Å²) in [4.78, 5) is 27.4. The van der Waals surface area contributed by atoms with Gasteiger partial charge in [0.2, 0.25) is 0 Å². The molecule has 1 saturated heterocycles. The van der Waals surface area contributed by atoms with Crippen molar-refractivity contribution in [3.8, 4) is 0 Å². The normalized spacial score (nSPS) is 18.4. The summed E-state index contributed by atoms with van der Waals surface area (Å²) in [6.07, 6.45) is 0. The van der Waals surface area contributed by atoms with Crippen LogP contribution in [0.5, 0.6) is 0 Å². The fraction of sp³-hybridized carbons (Fsp3) is 0.571. The number of carbonyl (C=O) groups excluding carboxylic acids is 2. The van der Waals surface area contributed by atoms with Crippen molar-refractivity contribution in [1.29, 1.82) is 0 Å². The van der Waals surface area contributed by atoms with Crippen LogP contribution >= 0.6 is 11.8 Å². The minimum atomic E-state index is -0.441. The van der Waals surface area contributed by atoms with Crippen LogP contribution in [0, 0.1) is 0 Å². The quantitative estimate of drug-likeness (QED) is 0.601. The zero-order valence-corrected chi connectivity index (χ0v) is 8.85. The lowest BCUT2D eigenvalue weighted by Crippen LogP contribution is -2.39. The third-order valence-electron chi connectivity index (χ3n) is 1.65. The van der Waals surface area contributed by atoms with E-state index in [4.69, 9.17) is 0 Å². The first kappa shape index (κ1) is 10.8. The van der Waals surface area contributed by atoms with Crippen molar-refractivity contribution in [3.05, 3.63) is 0 Å². The Hall–Kier alpha value is -1.24. The Bertz CT molecular complexity index is 279. The third-order valence-corrected chi connectivity index (χ3v) is 2.60. The van der Waals surface area contributed by atoms with E-state index in [-0.39, 0.29) is 6.03 Å². The lowest BCUT2D eigenvalue weighted by molar-refractivity contribution is 0.226. The van der Waals surface area contributed by atoms with Gasteiger partial charge in [-0.3, -0.25) is 4.90 Å². The van der Waals surface area contributed by atoms with Crippen LogP contribution in [-0.4, -0.2) is 48.5 Å². The van der Waals surface area contributed by atoms with Gasteiger partial charge in [-0.25, -0.2) is 9.59 Å². The molecule has 0 saturated carbocycles. The maximum atomic E-state index is 11.3. The standard InChI is InChI=1S/C7H12N4O2S/c1-8-5(12)10-7-11(3-4-14-7)6(13)9-2/h3-4H2,1-2H3,(H,8,12)(H,9,13). The van der Waals surface area contributed by atoms with E-state index in [1.54, 1.807) is 7.05 Å². The summed E-state index contributed by atoms with van der Waals surface area (Å²) in [5.74, 6) is 0.767. The lowest BCUT2D eigenvalue weighted by atomic mass is 10.6. The molecular weight excluding hydrogens is 204 g/mol. The molecule has 14 heavy (non-hydrogen) atoms. The SMILES string of the molecule is CNC(=O)N=C1SCCN1C(=O)NC. The van der Waals surface area contributed by atoms with Crippen LogP contribution in [0.15, 0.2) is 4.99 Å². The van der Waals surface area contributed by atoms with E-state index in [1.165, 1.54) is 23.7 Å². The zero-order valence-electron chi connectivity index (χ0n) is 8.03. The lowest BCUT2D eigenvalue weighted by Gasteiger charge is -2.13. The van der Waals surface area contributed by atoms with Crippen LogP contribution in [-0.2, 0) is 0 Å². The van der Waals surface area contributed by atoms with E-state index in [0.29, 0.717) is 11.7 Å². The van der Waals surface area contributed by atoms with Crippen LogP contribution < -0.4 is 10.6 Å². The fourth-order valence-corrected chi connectivity index (χ4v) is 1.89. The van der Waals surface area contributed by atoms with Gasteiger partial charge in [0.05, 0.1) is 0 Å². The number of thioether (sulfide) groups is 1. The molecular formula is C7H12N4O2S. The van der Waals surface area contributed by atoms with E-state index in [2.05, 4.69) is 15.6 Å². The number of rotatable bonds is 0. The first-order chi connectivity index (χ1) is 6.69. The van der Waals surface area contributed by atoms with Crippen molar-refractivity contribution in [2.24, 2.45) is 4.99 Å².